The zero-order valence-corrected chi connectivity index (χ0v) is 11.3. The summed E-state index contributed by atoms with van der Waals surface area (Å²) in [6, 6.07) is 4.90. The topological polar surface area (TPSA) is 103 Å². The molecule has 1 aromatic carbocycles. The van der Waals surface area contributed by atoms with E-state index in [1.165, 1.54) is 0 Å². The van der Waals surface area contributed by atoms with Gasteiger partial charge in [-0.15, -0.1) is 0 Å². The molecule has 1 aromatic heterocycles. The number of primary amides is 1. The van der Waals surface area contributed by atoms with Crippen LogP contribution in [-0.4, -0.2) is 23.2 Å². The van der Waals surface area contributed by atoms with Crippen LogP contribution in [0.2, 0.25) is 0 Å². The minimum Gasteiger partial charge on any atom is -0.495 e. The third-order valence-corrected chi connectivity index (χ3v) is 2.74. The first kappa shape index (κ1) is 13.9. The molecule has 0 aliphatic heterocycles. The highest BCUT2D eigenvalue weighted by molar-refractivity contribution is 5.94. The zero-order valence-electron chi connectivity index (χ0n) is 11.3. The van der Waals surface area contributed by atoms with Crippen LogP contribution >= 0.6 is 0 Å². The van der Waals surface area contributed by atoms with Crippen LogP contribution in [0.4, 0.5) is 5.69 Å². The second-order valence-corrected chi connectivity index (χ2v) is 4.09. The molecule has 106 valence electrons. The van der Waals surface area contributed by atoms with Gasteiger partial charge in [-0.25, -0.2) is 0 Å². The molecule has 1 heterocycles. The number of carbonyl (C=O) groups excluding carboxylic acids is 1. The molecule has 0 radical (unpaired) electrons. The Hall–Kier alpha value is -2.57. The predicted molar refractivity (Wildman–Crippen MR) is 72.5 cm³/mol. The number of nitrogens with zero attached hydrogens (tertiary/aromatic N) is 2. The normalized spacial score (nSPS) is 10.3. The number of anilines is 1. The van der Waals surface area contributed by atoms with Crippen molar-refractivity contribution in [2.75, 3.05) is 12.4 Å². The third-order valence-electron chi connectivity index (χ3n) is 2.74. The predicted octanol–water partition coefficient (Wildman–Crippen LogP) is 1.35. The van der Waals surface area contributed by atoms with Crippen molar-refractivity contribution in [2.45, 2.75) is 19.9 Å². The average molecular weight is 276 g/mol. The molecule has 0 fully saturated rings. The van der Waals surface area contributed by atoms with E-state index >= 15 is 0 Å². The maximum atomic E-state index is 11.2. The summed E-state index contributed by atoms with van der Waals surface area (Å²) in [5.74, 6) is 1.22. The lowest BCUT2D eigenvalue weighted by Gasteiger charge is -2.10. The number of methoxy groups -OCH3 is 1. The molecule has 0 atom stereocenters. The molecule has 0 unspecified atom stereocenters. The van der Waals surface area contributed by atoms with Crippen LogP contribution in [0.3, 0.4) is 0 Å². The lowest BCUT2D eigenvalue weighted by atomic mass is 10.1. The number of ether oxygens (including phenoxy) is 1. The SMILES string of the molecule is CCc1noc(CNc2cc(C(N)=O)ccc2OC)n1. The van der Waals surface area contributed by atoms with Gasteiger partial charge in [-0.3, -0.25) is 4.79 Å². The molecule has 0 saturated carbocycles. The quantitative estimate of drug-likeness (QED) is 0.825. The molecule has 0 saturated heterocycles. The summed E-state index contributed by atoms with van der Waals surface area (Å²) in [7, 11) is 1.55. The van der Waals surface area contributed by atoms with E-state index in [2.05, 4.69) is 15.5 Å². The Morgan fingerprint density at radius 1 is 1.50 bits per heavy atom. The summed E-state index contributed by atoms with van der Waals surface area (Å²) >= 11 is 0. The fourth-order valence-corrected chi connectivity index (χ4v) is 1.68. The monoisotopic (exact) mass is 276 g/mol. The van der Waals surface area contributed by atoms with Crippen molar-refractivity contribution in [3.8, 4) is 5.75 Å². The highest BCUT2D eigenvalue weighted by atomic mass is 16.5. The molecule has 2 rings (SSSR count). The van der Waals surface area contributed by atoms with Gasteiger partial charge in [-0.05, 0) is 18.2 Å². The van der Waals surface area contributed by atoms with Gasteiger partial charge < -0.3 is 20.3 Å². The van der Waals surface area contributed by atoms with Crippen LogP contribution in [0.1, 0.15) is 29.0 Å². The number of benzene rings is 1. The molecular formula is C13H16N4O3. The van der Waals surface area contributed by atoms with E-state index in [1.54, 1.807) is 25.3 Å². The summed E-state index contributed by atoms with van der Waals surface area (Å²) in [4.78, 5) is 15.4. The number of aryl methyl sites for hydroxylation is 1. The first-order valence-electron chi connectivity index (χ1n) is 6.17. The van der Waals surface area contributed by atoms with Crippen LogP contribution in [0.25, 0.3) is 0 Å². The summed E-state index contributed by atoms with van der Waals surface area (Å²) < 4.78 is 10.3. The van der Waals surface area contributed by atoms with Crippen LogP contribution in [0.5, 0.6) is 5.75 Å². The number of aromatic nitrogens is 2. The maximum absolute atomic E-state index is 11.2. The smallest absolute Gasteiger partial charge is 0.248 e. The van der Waals surface area contributed by atoms with Crippen molar-refractivity contribution in [3.63, 3.8) is 0 Å². The number of hydrogen-bond acceptors (Lipinski definition) is 6. The first-order valence-corrected chi connectivity index (χ1v) is 6.17. The van der Waals surface area contributed by atoms with E-state index in [1.807, 2.05) is 6.92 Å². The molecule has 7 nitrogen and oxygen atoms in total. The summed E-state index contributed by atoms with van der Waals surface area (Å²) in [6.07, 6.45) is 0.712. The highest BCUT2D eigenvalue weighted by Gasteiger charge is 2.09. The molecule has 7 heteroatoms. The van der Waals surface area contributed by atoms with E-state index in [9.17, 15) is 4.79 Å². The largest absolute Gasteiger partial charge is 0.495 e. The molecule has 0 spiro atoms. The van der Waals surface area contributed by atoms with Crippen molar-refractivity contribution in [1.82, 2.24) is 10.1 Å². The molecule has 0 bridgehead atoms. The number of nitrogens with two attached hydrogens (primary N) is 1. The molecule has 0 aliphatic rings. The summed E-state index contributed by atoms with van der Waals surface area (Å²) in [5.41, 5.74) is 6.29. The van der Waals surface area contributed by atoms with Gasteiger partial charge in [0.05, 0.1) is 19.3 Å². The van der Waals surface area contributed by atoms with Crippen molar-refractivity contribution < 1.29 is 14.1 Å². The van der Waals surface area contributed by atoms with Crippen molar-refractivity contribution >= 4 is 11.6 Å². The van der Waals surface area contributed by atoms with Gasteiger partial charge in [0, 0.05) is 12.0 Å². The molecule has 0 aliphatic carbocycles. The second-order valence-electron chi connectivity index (χ2n) is 4.09. The minimum atomic E-state index is -0.498. The molecule has 20 heavy (non-hydrogen) atoms. The van der Waals surface area contributed by atoms with Crippen molar-refractivity contribution in [2.24, 2.45) is 5.73 Å². The van der Waals surface area contributed by atoms with Crippen LogP contribution in [-0.2, 0) is 13.0 Å². The third kappa shape index (κ3) is 3.05. The maximum Gasteiger partial charge on any atom is 0.248 e. The van der Waals surface area contributed by atoms with Gasteiger partial charge >= 0.3 is 0 Å². The van der Waals surface area contributed by atoms with Gasteiger partial charge in [-0.2, -0.15) is 4.98 Å². The fraction of sp³-hybridized carbons (Fsp3) is 0.308. The second kappa shape index (κ2) is 6.05. The number of carbonyl (C=O) groups is 1. The van der Waals surface area contributed by atoms with Gasteiger partial charge in [0.2, 0.25) is 11.8 Å². The zero-order chi connectivity index (χ0) is 14.5. The molecule has 1 amide bonds. The van der Waals surface area contributed by atoms with Gasteiger partial charge in [-0.1, -0.05) is 12.1 Å². The number of rotatable bonds is 6. The minimum absolute atomic E-state index is 0.339. The Labute approximate surface area is 116 Å². The number of hydrogen-bond donors (Lipinski definition) is 2. The lowest BCUT2D eigenvalue weighted by molar-refractivity contribution is 0.100. The number of amides is 1. The standard InChI is InChI=1S/C13H16N4O3/c1-3-11-16-12(20-17-11)7-15-9-6-8(13(14)18)4-5-10(9)19-2/h4-6,15H,3,7H2,1-2H3,(H2,14,18). The highest BCUT2D eigenvalue weighted by Crippen LogP contribution is 2.25. The number of nitrogens with one attached hydrogen (secondary N) is 1. The van der Waals surface area contributed by atoms with Crippen molar-refractivity contribution in [1.29, 1.82) is 0 Å². The Morgan fingerprint density at radius 2 is 2.30 bits per heavy atom. The molecule has 2 aromatic rings. The van der Waals surface area contributed by atoms with Crippen LogP contribution in [0.15, 0.2) is 22.7 Å². The average Bonchev–Trinajstić information content (AvgIpc) is 2.92. The van der Waals surface area contributed by atoms with E-state index in [0.29, 0.717) is 41.7 Å². The first-order chi connectivity index (χ1) is 9.63. The van der Waals surface area contributed by atoms with Gasteiger partial charge in [0.1, 0.15) is 5.75 Å². The van der Waals surface area contributed by atoms with E-state index in [-0.39, 0.29) is 0 Å². The molecular weight excluding hydrogens is 260 g/mol. The Bertz CT molecular complexity index is 609. The Morgan fingerprint density at radius 3 is 2.90 bits per heavy atom. The molecule has 3 N–H and O–H groups in total. The lowest BCUT2D eigenvalue weighted by Crippen LogP contribution is -2.12. The Balaban J connectivity index is 2.14. The van der Waals surface area contributed by atoms with E-state index in [4.69, 9.17) is 15.0 Å². The van der Waals surface area contributed by atoms with Crippen LogP contribution < -0.4 is 15.8 Å². The van der Waals surface area contributed by atoms with E-state index < -0.39 is 5.91 Å². The van der Waals surface area contributed by atoms with Gasteiger partial charge in [0.15, 0.2) is 5.82 Å². The van der Waals surface area contributed by atoms with Crippen LogP contribution in [0, 0.1) is 0 Å². The van der Waals surface area contributed by atoms with E-state index in [0.717, 1.165) is 0 Å². The summed E-state index contributed by atoms with van der Waals surface area (Å²) in [5, 5.41) is 6.89. The summed E-state index contributed by atoms with van der Waals surface area (Å²) in [6.45, 7) is 2.28. The van der Waals surface area contributed by atoms with Crippen molar-refractivity contribution in [3.05, 3.63) is 35.5 Å². The van der Waals surface area contributed by atoms with Gasteiger partial charge in [0.25, 0.3) is 0 Å². The Kier molecular flexibility index (Phi) is 4.19. The fourth-order valence-electron chi connectivity index (χ4n) is 1.68.